The maximum atomic E-state index is 9.30. The van der Waals surface area contributed by atoms with Gasteiger partial charge in [-0.25, -0.2) is 4.68 Å². The molecule has 0 fully saturated rings. The Labute approximate surface area is 115 Å². The van der Waals surface area contributed by atoms with E-state index in [1.54, 1.807) is 32.4 Å². The zero-order valence-corrected chi connectivity index (χ0v) is 11.3. The minimum Gasteiger partial charge on any atom is -0.394 e. The molecular formula is C11H17N7O2. The molecule has 2 aromatic rings. The molecule has 0 amide bonds. The van der Waals surface area contributed by atoms with Gasteiger partial charge < -0.3 is 20.8 Å². The smallest absolute Gasteiger partial charge is 0.257 e. The van der Waals surface area contributed by atoms with Crippen LogP contribution in [0.5, 0.6) is 0 Å². The van der Waals surface area contributed by atoms with Crippen LogP contribution in [-0.4, -0.2) is 60.7 Å². The van der Waals surface area contributed by atoms with Crippen molar-refractivity contribution in [2.45, 2.75) is 12.5 Å². The van der Waals surface area contributed by atoms with Crippen LogP contribution < -0.4 is 10.6 Å². The van der Waals surface area contributed by atoms with E-state index < -0.39 is 5.54 Å². The summed E-state index contributed by atoms with van der Waals surface area (Å²) in [5.41, 5.74) is -0.923. The number of aliphatic hydroxyl groups is 2. The van der Waals surface area contributed by atoms with Gasteiger partial charge in [0.25, 0.3) is 5.95 Å². The third-order valence-electron chi connectivity index (χ3n) is 2.67. The second kappa shape index (κ2) is 5.80. The number of hydrogen-bond acceptors (Lipinski definition) is 8. The fourth-order valence-electron chi connectivity index (χ4n) is 1.42. The van der Waals surface area contributed by atoms with Crippen molar-refractivity contribution in [2.75, 3.05) is 30.9 Å². The van der Waals surface area contributed by atoms with Gasteiger partial charge in [0.05, 0.1) is 18.8 Å². The highest BCUT2D eigenvalue weighted by Gasteiger charge is 2.24. The lowest BCUT2D eigenvalue weighted by Gasteiger charge is -2.26. The molecule has 0 spiro atoms. The van der Waals surface area contributed by atoms with Crippen LogP contribution in [0.1, 0.15) is 6.92 Å². The Morgan fingerprint density at radius 3 is 2.45 bits per heavy atom. The quantitative estimate of drug-likeness (QED) is 0.545. The van der Waals surface area contributed by atoms with Crippen LogP contribution in [0.25, 0.3) is 5.95 Å². The Morgan fingerprint density at radius 1 is 1.20 bits per heavy atom. The van der Waals surface area contributed by atoms with Gasteiger partial charge in [0.2, 0.25) is 11.9 Å². The van der Waals surface area contributed by atoms with Crippen molar-refractivity contribution in [3.05, 3.63) is 18.5 Å². The van der Waals surface area contributed by atoms with Crippen molar-refractivity contribution in [2.24, 2.45) is 0 Å². The van der Waals surface area contributed by atoms with Gasteiger partial charge in [-0.1, -0.05) is 0 Å². The molecule has 0 atom stereocenters. The monoisotopic (exact) mass is 279 g/mol. The van der Waals surface area contributed by atoms with Crippen molar-refractivity contribution in [3.63, 3.8) is 0 Å². The molecule has 0 aliphatic rings. The van der Waals surface area contributed by atoms with E-state index in [-0.39, 0.29) is 19.2 Å². The minimum atomic E-state index is -0.923. The first-order valence-electron chi connectivity index (χ1n) is 6.04. The van der Waals surface area contributed by atoms with E-state index in [2.05, 4.69) is 30.7 Å². The second-order valence-electron chi connectivity index (χ2n) is 4.49. The number of aliphatic hydroxyl groups excluding tert-OH is 2. The maximum Gasteiger partial charge on any atom is 0.257 e. The summed E-state index contributed by atoms with van der Waals surface area (Å²) in [6.45, 7) is 1.13. The molecule has 0 bridgehead atoms. The third-order valence-corrected chi connectivity index (χ3v) is 2.67. The summed E-state index contributed by atoms with van der Waals surface area (Å²) in [7, 11) is 1.68. The Kier molecular flexibility index (Phi) is 4.11. The lowest BCUT2D eigenvalue weighted by Crippen LogP contribution is -2.43. The van der Waals surface area contributed by atoms with Crippen molar-refractivity contribution >= 4 is 11.9 Å². The molecule has 20 heavy (non-hydrogen) atoms. The molecule has 0 aliphatic heterocycles. The Morgan fingerprint density at radius 2 is 1.90 bits per heavy atom. The molecule has 0 saturated carbocycles. The van der Waals surface area contributed by atoms with Crippen LogP contribution in [0.4, 0.5) is 11.9 Å². The first-order chi connectivity index (χ1) is 9.60. The molecule has 9 nitrogen and oxygen atoms in total. The van der Waals surface area contributed by atoms with E-state index in [1.165, 1.54) is 4.68 Å². The van der Waals surface area contributed by atoms with Crippen LogP contribution in [0.2, 0.25) is 0 Å². The lowest BCUT2D eigenvalue weighted by molar-refractivity contribution is 0.147. The topological polar surface area (TPSA) is 121 Å². The Balaban J connectivity index is 2.36. The predicted molar refractivity (Wildman–Crippen MR) is 72.7 cm³/mol. The number of aromatic nitrogens is 5. The molecule has 0 radical (unpaired) electrons. The highest BCUT2D eigenvalue weighted by molar-refractivity contribution is 5.39. The van der Waals surface area contributed by atoms with Crippen LogP contribution in [-0.2, 0) is 0 Å². The van der Waals surface area contributed by atoms with Gasteiger partial charge in [-0.15, -0.1) is 0 Å². The van der Waals surface area contributed by atoms with E-state index in [4.69, 9.17) is 0 Å². The number of nitrogens with one attached hydrogen (secondary N) is 2. The van der Waals surface area contributed by atoms with Gasteiger partial charge in [0.1, 0.15) is 0 Å². The van der Waals surface area contributed by atoms with E-state index in [1.807, 2.05) is 0 Å². The summed E-state index contributed by atoms with van der Waals surface area (Å²) < 4.78 is 1.49. The molecular weight excluding hydrogens is 262 g/mol. The summed E-state index contributed by atoms with van der Waals surface area (Å²) in [5.74, 6) is 0.918. The molecule has 0 aliphatic carbocycles. The SMILES string of the molecule is CNc1nc(NC(C)(CO)CO)nc(-n2cccn2)n1. The zero-order chi connectivity index (χ0) is 14.6. The first kappa shape index (κ1) is 14.2. The molecule has 0 saturated heterocycles. The molecule has 2 heterocycles. The number of rotatable bonds is 6. The molecule has 4 N–H and O–H groups in total. The largest absolute Gasteiger partial charge is 0.394 e. The van der Waals surface area contributed by atoms with Gasteiger partial charge in [0, 0.05) is 19.4 Å². The van der Waals surface area contributed by atoms with Crippen LogP contribution in [0, 0.1) is 0 Å². The van der Waals surface area contributed by atoms with Crippen LogP contribution >= 0.6 is 0 Å². The van der Waals surface area contributed by atoms with Crippen molar-refractivity contribution in [3.8, 4) is 5.95 Å². The Hall–Kier alpha value is -2.26. The van der Waals surface area contributed by atoms with E-state index >= 15 is 0 Å². The van der Waals surface area contributed by atoms with E-state index in [9.17, 15) is 10.2 Å². The zero-order valence-electron chi connectivity index (χ0n) is 11.3. The molecule has 2 rings (SSSR count). The molecule has 2 aromatic heterocycles. The van der Waals surface area contributed by atoms with Crippen LogP contribution in [0.3, 0.4) is 0 Å². The fraction of sp³-hybridized carbons (Fsp3) is 0.455. The summed E-state index contributed by atoms with van der Waals surface area (Å²) >= 11 is 0. The second-order valence-corrected chi connectivity index (χ2v) is 4.49. The Bertz CT molecular complexity index is 554. The van der Waals surface area contributed by atoms with Gasteiger partial charge >= 0.3 is 0 Å². The standard InChI is InChI=1S/C11H17N7O2/c1-11(6-19,7-20)17-9-14-8(12-2)15-10(16-9)18-5-3-4-13-18/h3-5,19-20H,6-7H2,1-2H3,(H2,12,14,15,16,17). The molecule has 108 valence electrons. The fourth-order valence-corrected chi connectivity index (χ4v) is 1.42. The molecule has 9 heteroatoms. The number of anilines is 2. The summed E-state index contributed by atoms with van der Waals surface area (Å²) in [6.07, 6.45) is 3.32. The van der Waals surface area contributed by atoms with Crippen molar-refractivity contribution in [1.29, 1.82) is 0 Å². The van der Waals surface area contributed by atoms with E-state index in [0.29, 0.717) is 11.9 Å². The average molecular weight is 279 g/mol. The van der Waals surface area contributed by atoms with Gasteiger partial charge in [-0.05, 0) is 13.0 Å². The summed E-state index contributed by atoms with van der Waals surface area (Å²) in [6, 6.07) is 1.75. The number of hydrogen-bond donors (Lipinski definition) is 4. The minimum absolute atomic E-state index is 0.237. The average Bonchev–Trinajstić information content (AvgIpc) is 3.01. The van der Waals surface area contributed by atoms with E-state index in [0.717, 1.165) is 0 Å². The highest BCUT2D eigenvalue weighted by Crippen LogP contribution is 2.13. The highest BCUT2D eigenvalue weighted by atomic mass is 16.3. The molecule has 0 aromatic carbocycles. The van der Waals surface area contributed by atoms with Crippen LogP contribution in [0.15, 0.2) is 18.5 Å². The normalized spacial score (nSPS) is 11.4. The summed E-state index contributed by atoms with van der Waals surface area (Å²) in [4.78, 5) is 12.5. The van der Waals surface area contributed by atoms with Gasteiger partial charge in [-0.2, -0.15) is 20.1 Å². The van der Waals surface area contributed by atoms with Gasteiger partial charge in [-0.3, -0.25) is 0 Å². The third kappa shape index (κ3) is 3.00. The first-order valence-corrected chi connectivity index (χ1v) is 6.04. The van der Waals surface area contributed by atoms with Crippen molar-refractivity contribution in [1.82, 2.24) is 24.7 Å². The summed E-state index contributed by atoms with van der Waals surface area (Å²) in [5, 5.41) is 28.4. The van der Waals surface area contributed by atoms with Gasteiger partial charge in [0.15, 0.2) is 0 Å². The maximum absolute atomic E-state index is 9.30. The lowest BCUT2D eigenvalue weighted by atomic mass is 10.1. The predicted octanol–water partition coefficient (Wildman–Crippen LogP) is -0.746. The molecule has 0 unspecified atom stereocenters. The number of nitrogens with zero attached hydrogens (tertiary/aromatic N) is 5. The van der Waals surface area contributed by atoms with Crippen molar-refractivity contribution < 1.29 is 10.2 Å².